The second-order valence-electron chi connectivity index (χ2n) is 36.9. The van der Waals surface area contributed by atoms with E-state index in [1.165, 1.54) is 4.90 Å². The lowest BCUT2D eigenvalue weighted by Crippen LogP contribution is -2.44. The van der Waals surface area contributed by atoms with Gasteiger partial charge < -0.3 is 75.2 Å². The third-order valence-electron chi connectivity index (χ3n) is 20.8. The maximum Gasteiger partial charge on any atom is 0.414 e. The predicted molar refractivity (Wildman–Crippen MR) is 459 cm³/mol. The first kappa shape index (κ1) is 96.5. The van der Waals surface area contributed by atoms with Gasteiger partial charge >= 0.3 is 24.1 Å². The number of rotatable bonds is 29. The molecular weight excluding hydrogens is 1500 g/mol. The first-order chi connectivity index (χ1) is 52.5. The van der Waals surface area contributed by atoms with Crippen LogP contribution in [-0.4, -0.2) is 145 Å². The van der Waals surface area contributed by atoms with Gasteiger partial charge in [-0.25, -0.2) is 19.2 Å². The molecule has 2 amide bonds. The molecule has 2 saturated heterocycles. The number of fused-ring (bicyclic) bond motifs is 2. The van der Waals surface area contributed by atoms with Gasteiger partial charge in [-0.2, -0.15) is 0 Å². The Balaban J connectivity index is 0.000000355. The number of anilines is 2. The number of hydrogen-bond donors (Lipinski definition) is 1. The fraction of sp³-hybridized carbons (Fsp3) is 0.604. The minimum absolute atomic E-state index is 0. The largest absolute Gasteiger partial charge is 0.497 e. The minimum Gasteiger partial charge on any atom is -0.497 e. The first-order valence-corrected chi connectivity index (χ1v) is 45.8. The Morgan fingerprint density at radius 1 is 0.522 bits per heavy atom. The molecule has 4 heterocycles. The maximum atomic E-state index is 13.4. The van der Waals surface area contributed by atoms with Crippen LogP contribution in [-0.2, 0) is 69.4 Å². The van der Waals surface area contributed by atoms with Crippen molar-refractivity contribution < 1.29 is 94.3 Å². The number of carbonyl (C=O) groups is 4. The molecule has 0 aliphatic carbocycles. The van der Waals surface area contributed by atoms with Gasteiger partial charge in [0.1, 0.15) is 69.7 Å². The second-order valence-corrected chi connectivity index (χ2v) is 46.4. The number of amides is 2. The fourth-order valence-corrected chi connectivity index (χ4v) is 15.7. The second kappa shape index (κ2) is 38.6. The van der Waals surface area contributed by atoms with Crippen molar-refractivity contribution in [3.05, 3.63) is 143 Å². The number of hydrogen-bond acceptors (Lipinski definition) is 20. The highest BCUT2D eigenvalue weighted by atomic mass is 28.4. The van der Waals surface area contributed by atoms with Crippen molar-refractivity contribution in [1.82, 2.24) is 0 Å². The summed E-state index contributed by atoms with van der Waals surface area (Å²) in [5.41, 5.74) is 3.07. The quantitative estimate of drug-likeness (QED) is 0.0230. The van der Waals surface area contributed by atoms with E-state index in [0.29, 0.717) is 60.9 Å². The van der Waals surface area contributed by atoms with Crippen molar-refractivity contribution in [2.24, 2.45) is 11.8 Å². The van der Waals surface area contributed by atoms with Gasteiger partial charge in [-0.05, 0) is 210 Å². The summed E-state index contributed by atoms with van der Waals surface area (Å²) in [5.74, 6) is -2.86. The van der Waals surface area contributed by atoms with Gasteiger partial charge in [0.2, 0.25) is 11.6 Å². The number of methoxy groups -OCH3 is 2. The van der Waals surface area contributed by atoms with Crippen LogP contribution in [0.15, 0.2) is 109 Å². The van der Waals surface area contributed by atoms with E-state index in [1.54, 1.807) is 93.0 Å². The van der Waals surface area contributed by atoms with E-state index in [2.05, 4.69) is 125 Å². The van der Waals surface area contributed by atoms with Gasteiger partial charge in [0, 0.05) is 64.3 Å². The van der Waals surface area contributed by atoms with E-state index >= 15 is 0 Å². The highest BCUT2D eigenvalue weighted by molar-refractivity contribution is 6.74. The number of esters is 2. The average molecular weight is 1640 g/mol. The molecular formula is C91H138N2O20Si2. The number of nitrogens with zero attached hydrogens (tertiary/aromatic N) is 1. The first-order valence-electron chi connectivity index (χ1n) is 40.0. The van der Waals surface area contributed by atoms with Gasteiger partial charge in [0.05, 0.1) is 45.3 Å². The zero-order valence-corrected chi connectivity index (χ0v) is 76.0. The molecule has 22 nitrogen and oxygen atoms in total. The monoisotopic (exact) mass is 1630 g/mol. The Hall–Kier alpha value is -7.37. The standard InChI is InChI=1S/C46H69NO10Si.C44H65NO10Si.CH4/c1-17-47(42(49)56-43(4,5)6)34-27-33(39-38(28-34)53-46(12,13)55-41(39)48)19-18-20-37-40(54-45(10,11)52-37)36(51-29-32-22-24-35(50-14)25-23-32)26-21-30(2)31(3)57-58(15,16)44(7,8)9;1-28(29(2)55-56(14,15)42(6,7)8)19-24-34(49-27-30-20-22-33(48-13)23-21-30)38-35(50-43(9,10)52-38)18-16-17-31-25-32(45-40(47)54-41(3,4)5)26-36-37(31)39(46)53-44(11,12)51-36;/h18-19,21-28,30-31,36-37,40H,17,20,29H2,1-16H3;16-17,19-26,28-29,34-35,38H,18,27H2,1-15H3,(H,45,47);1H4/b19-18+,26-21-;17-16+,24-19-;/t30-,31+,36?,37+,40-;28-,29+,34?,35+,38-;/m11./s1. The number of ether oxygens (including phenoxy) is 14. The summed E-state index contributed by atoms with van der Waals surface area (Å²) in [7, 11) is -0.690. The SMILES string of the molecule is C.CCN(C(=O)OC(C)(C)C)c1cc(/C=C/C[C@@H]2OC(C)(C)O[C@@H]2C(/C=C\[C@@H](C)[C@H](C)O[Si](C)(C)C(C)(C)C)OCc2ccc(OC)cc2)c2c(c1)OC(C)(C)OC2=O.COc1ccc(COC(/C=C\[C@@H](C)[C@H](C)O[Si](C)(C)C(C)(C)C)[C@H]2OC(C)(C)O[C@H]2C/C=C/c2cc(NC(=O)OC(C)(C)C)cc3c2C(=O)OC(C)(C)O3)cc1. The van der Waals surface area contributed by atoms with E-state index in [1.807, 2.05) is 122 Å². The summed E-state index contributed by atoms with van der Waals surface area (Å²) in [6, 6.07) is 22.3. The number of nitrogens with one attached hydrogen (secondary N) is 1. The van der Waals surface area contributed by atoms with Crippen molar-refractivity contribution in [2.75, 3.05) is 31.0 Å². The van der Waals surface area contributed by atoms with Crippen LogP contribution >= 0.6 is 0 Å². The lowest BCUT2D eigenvalue weighted by Gasteiger charge is -2.39. The van der Waals surface area contributed by atoms with Crippen LogP contribution in [0.25, 0.3) is 12.2 Å². The molecule has 115 heavy (non-hydrogen) atoms. The molecule has 10 atom stereocenters. The third-order valence-corrected chi connectivity index (χ3v) is 30.0. The van der Waals surface area contributed by atoms with Crippen LogP contribution < -0.4 is 29.2 Å². The van der Waals surface area contributed by atoms with Crippen molar-refractivity contribution in [3.63, 3.8) is 0 Å². The Labute approximate surface area is 689 Å². The molecule has 1 N–H and O–H groups in total. The Kier molecular flexibility index (Phi) is 32.4. The number of carbonyl (C=O) groups excluding carboxylic acids is 4. The molecule has 0 spiro atoms. The van der Waals surface area contributed by atoms with Gasteiger partial charge in [-0.1, -0.05) is 136 Å². The van der Waals surface area contributed by atoms with Gasteiger partial charge in [-0.15, -0.1) is 0 Å². The Bertz CT molecular complexity index is 4040. The van der Waals surface area contributed by atoms with Crippen LogP contribution in [0.5, 0.6) is 23.0 Å². The van der Waals surface area contributed by atoms with Crippen LogP contribution in [0.2, 0.25) is 36.3 Å². The van der Waals surface area contributed by atoms with E-state index in [-0.39, 0.29) is 58.4 Å². The van der Waals surface area contributed by atoms with E-state index in [9.17, 15) is 19.2 Å². The molecule has 4 aliphatic heterocycles. The molecule has 4 aromatic carbocycles. The molecule has 0 aromatic heterocycles. The van der Waals surface area contributed by atoms with Crippen LogP contribution in [0.4, 0.5) is 21.0 Å². The number of benzene rings is 4. The molecule has 4 aliphatic rings. The topological polar surface area (TPSA) is 231 Å². The molecule has 0 bridgehead atoms. The predicted octanol–water partition coefficient (Wildman–Crippen LogP) is 21.9. The molecule has 24 heteroatoms. The van der Waals surface area contributed by atoms with Gasteiger partial charge in [0.25, 0.3) is 0 Å². The summed E-state index contributed by atoms with van der Waals surface area (Å²) < 4.78 is 98.3. The molecule has 4 aromatic rings. The molecule has 640 valence electrons. The average Bonchev–Trinajstić information content (AvgIpc) is 1.61. The van der Waals surface area contributed by atoms with Crippen molar-refractivity contribution >= 4 is 64.3 Å². The van der Waals surface area contributed by atoms with Crippen molar-refractivity contribution in [2.45, 2.75) is 326 Å². The maximum absolute atomic E-state index is 13.4. The van der Waals surface area contributed by atoms with Crippen molar-refractivity contribution in [3.8, 4) is 23.0 Å². The highest BCUT2D eigenvalue weighted by Gasteiger charge is 2.48. The zero-order valence-electron chi connectivity index (χ0n) is 74.0. The summed E-state index contributed by atoms with van der Waals surface area (Å²) in [6.07, 6.45) is 13.0. The molecule has 8 rings (SSSR count). The third kappa shape index (κ3) is 27.9. The van der Waals surface area contributed by atoms with Gasteiger partial charge in [-0.3, -0.25) is 10.2 Å². The summed E-state index contributed by atoms with van der Waals surface area (Å²) in [6.45, 7) is 59.1. The number of cyclic esters (lactones) is 2. The van der Waals surface area contributed by atoms with E-state index in [4.69, 9.17) is 75.2 Å². The molecule has 2 unspecified atom stereocenters. The lowest BCUT2D eigenvalue weighted by atomic mass is 9.99. The van der Waals surface area contributed by atoms with E-state index in [0.717, 1.165) is 22.6 Å². The van der Waals surface area contributed by atoms with Crippen LogP contribution in [0.1, 0.15) is 236 Å². The Morgan fingerprint density at radius 3 is 1.27 bits per heavy atom. The Morgan fingerprint density at radius 2 is 0.904 bits per heavy atom. The van der Waals surface area contributed by atoms with Crippen LogP contribution in [0, 0.1) is 11.8 Å². The van der Waals surface area contributed by atoms with Crippen LogP contribution in [0.3, 0.4) is 0 Å². The fourth-order valence-electron chi connectivity index (χ4n) is 12.7. The summed E-state index contributed by atoms with van der Waals surface area (Å²) in [5, 5.41) is 2.95. The normalized spacial score (nSPS) is 20.9. The van der Waals surface area contributed by atoms with Gasteiger partial charge in [0.15, 0.2) is 28.2 Å². The molecule has 2 fully saturated rings. The zero-order chi connectivity index (χ0) is 85.3. The molecule has 0 radical (unpaired) electrons. The summed E-state index contributed by atoms with van der Waals surface area (Å²) in [4.78, 5) is 54.3. The highest BCUT2D eigenvalue weighted by Crippen LogP contribution is 2.44. The van der Waals surface area contributed by atoms with E-state index < -0.39 is 112 Å². The smallest absolute Gasteiger partial charge is 0.414 e. The van der Waals surface area contributed by atoms with Crippen molar-refractivity contribution in [1.29, 1.82) is 0 Å². The minimum atomic E-state index is -1.99. The lowest BCUT2D eigenvalue weighted by molar-refractivity contribution is -0.156. The summed E-state index contributed by atoms with van der Waals surface area (Å²) >= 11 is 0. The molecule has 0 saturated carbocycles.